The Hall–Kier alpha value is -1.44. The van der Waals surface area contributed by atoms with Gasteiger partial charge in [0.05, 0.1) is 9.99 Å². The number of aryl methyl sites for hydroxylation is 1. The minimum Gasteiger partial charge on any atom is -0.461 e. The van der Waals surface area contributed by atoms with E-state index in [0.717, 1.165) is 12.0 Å². The van der Waals surface area contributed by atoms with Gasteiger partial charge in [0.15, 0.2) is 0 Å². The molecule has 0 radical (unpaired) electrons. The van der Waals surface area contributed by atoms with E-state index < -0.39 is 17.2 Å². The molecule has 0 fully saturated rings. The molecule has 0 amide bonds. The van der Waals surface area contributed by atoms with Gasteiger partial charge in [-0.2, -0.15) is 0 Å². The van der Waals surface area contributed by atoms with Gasteiger partial charge in [-0.3, -0.25) is 4.79 Å². The van der Waals surface area contributed by atoms with Crippen molar-refractivity contribution in [3.63, 3.8) is 0 Å². The molecule has 0 saturated heterocycles. The van der Waals surface area contributed by atoms with E-state index in [2.05, 4.69) is 15.9 Å². The van der Waals surface area contributed by atoms with Crippen molar-refractivity contribution in [2.45, 2.75) is 25.8 Å². The molecule has 1 aromatic carbocycles. The number of hydrogen-bond donors (Lipinski definition) is 0. The summed E-state index contributed by atoms with van der Waals surface area (Å²) in [5.74, 6) is -1.15. The molecule has 142 valence electrons. The highest BCUT2D eigenvalue weighted by atomic mass is 79.9. The molecule has 3 rings (SSSR count). The number of benzene rings is 1. The first kappa shape index (κ1) is 20.9. The number of halogens is 3. The molecule has 26 heavy (non-hydrogen) atoms. The molecular formula is C18H21BrClFN2O3. The van der Waals surface area contributed by atoms with Crippen LogP contribution in [0.15, 0.2) is 21.5 Å². The van der Waals surface area contributed by atoms with Gasteiger partial charge in [-0.05, 0) is 61.4 Å². The normalized spacial score (nSPS) is 15.8. The SMILES string of the molecule is CC1CCc2c(Br)c(F)cc3c(=O)c(C(=O)OCCN(C)C)cn1c23.Cl. The molecule has 5 nitrogen and oxygen atoms in total. The number of hydrogen-bond acceptors (Lipinski definition) is 4. The van der Waals surface area contributed by atoms with Crippen molar-refractivity contribution in [2.24, 2.45) is 0 Å². The zero-order valence-corrected chi connectivity index (χ0v) is 17.2. The first-order chi connectivity index (χ1) is 11.8. The maximum absolute atomic E-state index is 14.2. The summed E-state index contributed by atoms with van der Waals surface area (Å²) in [4.78, 5) is 27.0. The highest BCUT2D eigenvalue weighted by Gasteiger charge is 2.26. The number of carbonyl (C=O) groups is 1. The predicted octanol–water partition coefficient (Wildman–Crippen LogP) is 3.55. The number of rotatable bonds is 4. The van der Waals surface area contributed by atoms with Gasteiger partial charge >= 0.3 is 5.97 Å². The fourth-order valence-electron chi connectivity index (χ4n) is 3.16. The van der Waals surface area contributed by atoms with Crippen LogP contribution >= 0.6 is 28.3 Å². The van der Waals surface area contributed by atoms with Crippen molar-refractivity contribution in [3.05, 3.63) is 43.9 Å². The Morgan fingerprint density at radius 2 is 2.15 bits per heavy atom. The van der Waals surface area contributed by atoms with Crippen LogP contribution < -0.4 is 5.43 Å². The lowest BCUT2D eigenvalue weighted by atomic mass is 9.96. The van der Waals surface area contributed by atoms with E-state index in [1.54, 1.807) is 6.20 Å². The Kier molecular flexibility index (Phi) is 6.47. The monoisotopic (exact) mass is 446 g/mol. The molecule has 1 aliphatic rings. The first-order valence-electron chi connectivity index (χ1n) is 8.18. The molecule has 0 aliphatic carbocycles. The molecule has 1 aromatic heterocycles. The second kappa shape index (κ2) is 8.06. The smallest absolute Gasteiger partial charge is 0.343 e. The molecule has 0 saturated carbocycles. The molecule has 1 aliphatic heterocycles. The topological polar surface area (TPSA) is 51.5 Å². The van der Waals surface area contributed by atoms with Crippen LogP contribution in [-0.2, 0) is 11.2 Å². The van der Waals surface area contributed by atoms with Gasteiger partial charge in [0, 0.05) is 24.2 Å². The number of pyridine rings is 1. The number of carbonyl (C=O) groups excluding carboxylic acids is 1. The van der Waals surface area contributed by atoms with Crippen LogP contribution in [0, 0.1) is 5.82 Å². The van der Waals surface area contributed by atoms with Gasteiger partial charge in [-0.15, -0.1) is 12.4 Å². The van der Waals surface area contributed by atoms with Crippen LogP contribution in [0.2, 0.25) is 0 Å². The molecule has 2 heterocycles. The molecule has 0 bridgehead atoms. The van der Waals surface area contributed by atoms with Crippen LogP contribution in [0.5, 0.6) is 0 Å². The van der Waals surface area contributed by atoms with E-state index in [0.29, 0.717) is 23.0 Å². The number of nitrogens with zero attached hydrogens (tertiary/aromatic N) is 2. The fraction of sp³-hybridized carbons (Fsp3) is 0.444. The van der Waals surface area contributed by atoms with Gasteiger partial charge in [0.25, 0.3) is 0 Å². The highest BCUT2D eigenvalue weighted by molar-refractivity contribution is 9.10. The Morgan fingerprint density at radius 3 is 2.81 bits per heavy atom. The number of likely N-dealkylation sites (N-methyl/N-ethyl adjacent to an activating group) is 1. The molecule has 1 unspecified atom stereocenters. The van der Waals surface area contributed by atoms with Gasteiger partial charge < -0.3 is 14.2 Å². The molecule has 8 heteroatoms. The summed E-state index contributed by atoms with van der Waals surface area (Å²) in [6, 6.07) is 1.32. The quantitative estimate of drug-likeness (QED) is 0.673. The summed E-state index contributed by atoms with van der Waals surface area (Å²) in [6.07, 6.45) is 3.05. The van der Waals surface area contributed by atoms with Gasteiger partial charge in [0.2, 0.25) is 5.43 Å². The Bertz CT molecular complexity index is 914. The van der Waals surface area contributed by atoms with Gasteiger partial charge in [-0.25, -0.2) is 9.18 Å². The van der Waals surface area contributed by atoms with E-state index in [9.17, 15) is 14.0 Å². The average Bonchev–Trinajstić information content (AvgIpc) is 2.55. The van der Waals surface area contributed by atoms with E-state index in [1.807, 2.05) is 30.5 Å². The molecule has 2 aromatic rings. The Labute approximate surface area is 165 Å². The van der Waals surface area contributed by atoms with E-state index in [1.165, 1.54) is 6.07 Å². The van der Waals surface area contributed by atoms with Crippen molar-refractivity contribution in [1.82, 2.24) is 9.47 Å². The largest absolute Gasteiger partial charge is 0.461 e. The van der Waals surface area contributed by atoms with E-state index >= 15 is 0 Å². The highest BCUT2D eigenvalue weighted by Crippen LogP contribution is 2.35. The van der Waals surface area contributed by atoms with E-state index in [-0.39, 0.29) is 36.0 Å². The Morgan fingerprint density at radius 1 is 1.46 bits per heavy atom. The summed E-state index contributed by atoms with van der Waals surface area (Å²) in [5.41, 5.74) is 0.940. The van der Waals surface area contributed by atoms with Crippen LogP contribution in [0.3, 0.4) is 0 Å². The lowest BCUT2D eigenvalue weighted by Crippen LogP contribution is -2.27. The first-order valence-corrected chi connectivity index (χ1v) is 8.98. The maximum Gasteiger partial charge on any atom is 0.343 e. The summed E-state index contributed by atoms with van der Waals surface area (Å²) in [7, 11) is 3.74. The van der Waals surface area contributed by atoms with Gasteiger partial charge in [0.1, 0.15) is 18.0 Å². The molecule has 0 spiro atoms. The minimum absolute atomic E-state index is 0. The molecule has 1 atom stereocenters. The zero-order chi connectivity index (χ0) is 18.3. The second-order valence-electron chi connectivity index (χ2n) is 6.65. The van der Waals surface area contributed by atoms with Gasteiger partial charge in [-0.1, -0.05) is 0 Å². The summed E-state index contributed by atoms with van der Waals surface area (Å²) < 4.78 is 21.7. The van der Waals surface area contributed by atoms with Crippen molar-refractivity contribution < 1.29 is 13.9 Å². The maximum atomic E-state index is 14.2. The second-order valence-corrected chi connectivity index (χ2v) is 7.45. The van der Waals surface area contributed by atoms with Crippen molar-refractivity contribution in [2.75, 3.05) is 27.2 Å². The predicted molar refractivity (Wildman–Crippen MR) is 105 cm³/mol. The van der Waals surface area contributed by atoms with Crippen LogP contribution in [0.1, 0.15) is 35.3 Å². The average molecular weight is 448 g/mol. The standard InChI is InChI=1S/C18H20BrFN2O3.ClH/c1-10-4-5-11-15(19)14(20)8-12-16(11)22(10)9-13(17(12)23)18(24)25-7-6-21(2)3;/h8-10H,4-7H2,1-3H3;1H. The molecular weight excluding hydrogens is 427 g/mol. The lowest BCUT2D eigenvalue weighted by Gasteiger charge is -2.27. The van der Waals surface area contributed by atoms with Crippen LogP contribution in [-0.4, -0.2) is 42.7 Å². The van der Waals surface area contributed by atoms with Crippen molar-refractivity contribution in [1.29, 1.82) is 0 Å². The van der Waals surface area contributed by atoms with Crippen LogP contribution in [0.4, 0.5) is 4.39 Å². The van der Waals surface area contributed by atoms with Crippen molar-refractivity contribution >= 4 is 45.2 Å². The van der Waals surface area contributed by atoms with Crippen LogP contribution in [0.25, 0.3) is 10.9 Å². The van der Waals surface area contributed by atoms with E-state index in [4.69, 9.17) is 4.74 Å². The lowest BCUT2D eigenvalue weighted by molar-refractivity contribution is 0.0479. The van der Waals surface area contributed by atoms with Crippen molar-refractivity contribution in [3.8, 4) is 0 Å². The number of esters is 1. The number of aromatic nitrogens is 1. The third-order valence-corrected chi connectivity index (χ3v) is 5.44. The third kappa shape index (κ3) is 3.66. The third-order valence-electron chi connectivity index (χ3n) is 4.58. The summed E-state index contributed by atoms with van der Waals surface area (Å²) in [5, 5.41) is 0.226. The summed E-state index contributed by atoms with van der Waals surface area (Å²) >= 11 is 3.28. The molecule has 0 N–H and O–H groups in total. The Balaban J connectivity index is 0.00000243. The summed E-state index contributed by atoms with van der Waals surface area (Å²) in [6.45, 7) is 2.78. The fourth-order valence-corrected chi connectivity index (χ4v) is 3.66. The number of ether oxygens (including phenoxy) is 1. The minimum atomic E-state index is -0.667. The zero-order valence-electron chi connectivity index (χ0n) is 14.8.